The number of hydrogen-bond acceptors (Lipinski definition) is 3. The molecule has 0 fully saturated rings. The number of methoxy groups -OCH3 is 1. The number of carboxylic acids is 1. The van der Waals surface area contributed by atoms with Crippen molar-refractivity contribution in [1.29, 1.82) is 0 Å². The summed E-state index contributed by atoms with van der Waals surface area (Å²) in [6, 6.07) is 7.30. The van der Waals surface area contributed by atoms with Crippen molar-refractivity contribution in [2.45, 2.75) is 25.9 Å². The summed E-state index contributed by atoms with van der Waals surface area (Å²) in [6.45, 7) is 3.86. The van der Waals surface area contributed by atoms with Crippen LogP contribution in [0.5, 0.6) is 5.75 Å². The number of benzene rings is 1. The van der Waals surface area contributed by atoms with Gasteiger partial charge in [0.1, 0.15) is 5.75 Å². The third kappa shape index (κ3) is 3.75. The topological polar surface area (TPSA) is 55.8 Å². The standard InChI is InChI=1S/C13H18O4/c1-10-4-6-11(7-5-10)17-13(2,12(14)15)8-9-16-3/h4-7H,8-9H2,1-3H3,(H,14,15). The quantitative estimate of drug-likeness (QED) is 0.825. The average molecular weight is 238 g/mol. The largest absolute Gasteiger partial charge is 0.478 e. The van der Waals surface area contributed by atoms with Crippen LogP contribution in [0.15, 0.2) is 24.3 Å². The van der Waals surface area contributed by atoms with Gasteiger partial charge >= 0.3 is 5.97 Å². The van der Waals surface area contributed by atoms with Crippen LogP contribution in [-0.4, -0.2) is 30.4 Å². The number of aryl methyl sites for hydroxylation is 1. The maximum absolute atomic E-state index is 11.2. The van der Waals surface area contributed by atoms with E-state index in [9.17, 15) is 9.90 Å². The van der Waals surface area contributed by atoms with Crippen LogP contribution in [0.3, 0.4) is 0 Å². The first-order valence-corrected chi connectivity index (χ1v) is 5.46. The van der Waals surface area contributed by atoms with Crippen molar-refractivity contribution >= 4 is 5.97 Å². The van der Waals surface area contributed by atoms with E-state index >= 15 is 0 Å². The molecule has 4 heteroatoms. The smallest absolute Gasteiger partial charge is 0.347 e. The van der Waals surface area contributed by atoms with Crippen molar-refractivity contribution in [3.63, 3.8) is 0 Å². The molecule has 1 N–H and O–H groups in total. The zero-order chi connectivity index (χ0) is 12.9. The predicted octanol–water partition coefficient (Wildman–Crippen LogP) is 2.25. The number of aliphatic carboxylic acids is 1. The Kier molecular flexibility index (Phi) is 4.52. The molecule has 0 saturated carbocycles. The van der Waals surface area contributed by atoms with E-state index in [0.717, 1.165) is 5.56 Å². The summed E-state index contributed by atoms with van der Waals surface area (Å²) in [5.74, 6) is -0.438. The molecular weight excluding hydrogens is 220 g/mol. The normalized spacial score (nSPS) is 14.1. The maximum atomic E-state index is 11.2. The third-order valence-electron chi connectivity index (χ3n) is 2.60. The molecule has 17 heavy (non-hydrogen) atoms. The van der Waals surface area contributed by atoms with Crippen molar-refractivity contribution in [3.8, 4) is 5.75 Å². The summed E-state index contributed by atoms with van der Waals surface area (Å²) in [5, 5.41) is 9.19. The van der Waals surface area contributed by atoms with E-state index < -0.39 is 11.6 Å². The summed E-state index contributed by atoms with van der Waals surface area (Å²) in [7, 11) is 1.54. The van der Waals surface area contributed by atoms with Crippen molar-refractivity contribution < 1.29 is 19.4 Å². The van der Waals surface area contributed by atoms with E-state index in [2.05, 4.69) is 0 Å². The molecule has 4 nitrogen and oxygen atoms in total. The fourth-order valence-corrected chi connectivity index (χ4v) is 1.36. The Morgan fingerprint density at radius 2 is 1.94 bits per heavy atom. The molecule has 0 radical (unpaired) electrons. The number of carbonyl (C=O) groups is 1. The van der Waals surface area contributed by atoms with Crippen molar-refractivity contribution in [2.75, 3.05) is 13.7 Å². The molecule has 0 heterocycles. The van der Waals surface area contributed by atoms with Crippen LogP contribution in [-0.2, 0) is 9.53 Å². The highest BCUT2D eigenvalue weighted by atomic mass is 16.5. The molecule has 0 saturated heterocycles. The van der Waals surface area contributed by atoms with Gasteiger partial charge in [0.2, 0.25) is 5.60 Å². The monoisotopic (exact) mass is 238 g/mol. The van der Waals surface area contributed by atoms with Gasteiger partial charge in [0.25, 0.3) is 0 Å². The summed E-state index contributed by atoms with van der Waals surface area (Å²) in [5.41, 5.74) is -0.156. The minimum absolute atomic E-state index is 0.298. The highest BCUT2D eigenvalue weighted by Crippen LogP contribution is 2.22. The average Bonchev–Trinajstić information content (AvgIpc) is 2.29. The van der Waals surface area contributed by atoms with Gasteiger partial charge in [-0.25, -0.2) is 4.79 Å². The van der Waals surface area contributed by atoms with Gasteiger partial charge in [-0.2, -0.15) is 0 Å². The Morgan fingerprint density at radius 1 is 1.35 bits per heavy atom. The molecule has 94 valence electrons. The Balaban J connectivity index is 2.79. The molecule has 0 aromatic heterocycles. The molecule has 0 bridgehead atoms. The minimum atomic E-state index is -1.26. The fraction of sp³-hybridized carbons (Fsp3) is 0.462. The van der Waals surface area contributed by atoms with Gasteiger partial charge in [0.15, 0.2) is 0 Å². The molecule has 1 aromatic rings. The molecule has 0 spiro atoms. The van der Waals surface area contributed by atoms with Crippen LogP contribution in [0.1, 0.15) is 18.9 Å². The SMILES string of the molecule is COCCC(C)(Oc1ccc(C)cc1)C(=O)O. The molecule has 1 rings (SSSR count). The van der Waals surface area contributed by atoms with E-state index in [-0.39, 0.29) is 0 Å². The van der Waals surface area contributed by atoms with E-state index in [4.69, 9.17) is 9.47 Å². The molecule has 0 aliphatic heterocycles. The lowest BCUT2D eigenvalue weighted by Crippen LogP contribution is -2.42. The molecular formula is C13H18O4. The highest BCUT2D eigenvalue weighted by molar-refractivity contribution is 5.77. The van der Waals surface area contributed by atoms with Crippen LogP contribution in [0.2, 0.25) is 0 Å². The van der Waals surface area contributed by atoms with Gasteiger partial charge in [-0.3, -0.25) is 0 Å². The lowest BCUT2D eigenvalue weighted by molar-refractivity contribution is -0.155. The van der Waals surface area contributed by atoms with Crippen LogP contribution in [0.25, 0.3) is 0 Å². The zero-order valence-electron chi connectivity index (χ0n) is 10.4. The van der Waals surface area contributed by atoms with Crippen LogP contribution < -0.4 is 4.74 Å². The van der Waals surface area contributed by atoms with Crippen molar-refractivity contribution in [2.24, 2.45) is 0 Å². The minimum Gasteiger partial charge on any atom is -0.478 e. The van der Waals surface area contributed by atoms with Gasteiger partial charge < -0.3 is 14.6 Å². The first-order valence-electron chi connectivity index (χ1n) is 5.46. The number of ether oxygens (including phenoxy) is 2. The Hall–Kier alpha value is -1.55. The van der Waals surface area contributed by atoms with Gasteiger partial charge in [-0.1, -0.05) is 17.7 Å². The Bertz CT molecular complexity index is 372. The van der Waals surface area contributed by atoms with E-state index in [0.29, 0.717) is 18.8 Å². The van der Waals surface area contributed by atoms with Gasteiger partial charge in [0, 0.05) is 13.5 Å². The fourth-order valence-electron chi connectivity index (χ4n) is 1.36. The van der Waals surface area contributed by atoms with Gasteiger partial charge in [0.05, 0.1) is 6.61 Å². The molecule has 1 atom stereocenters. The number of carboxylic acid groups (broad SMARTS) is 1. The molecule has 1 aromatic carbocycles. The molecule has 0 aliphatic carbocycles. The summed E-state index contributed by atoms with van der Waals surface area (Å²) in [6.07, 6.45) is 0.298. The Labute approximate surface area is 101 Å². The predicted molar refractivity (Wildman–Crippen MR) is 64.3 cm³/mol. The summed E-state index contributed by atoms with van der Waals surface area (Å²) in [4.78, 5) is 11.2. The first kappa shape index (κ1) is 13.5. The maximum Gasteiger partial charge on any atom is 0.347 e. The van der Waals surface area contributed by atoms with Gasteiger partial charge in [-0.05, 0) is 26.0 Å². The highest BCUT2D eigenvalue weighted by Gasteiger charge is 2.35. The van der Waals surface area contributed by atoms with Crippen molar-refractivity contribution in [1.82, 2.24) is 0 Å². The van der Waals surface area contributed by atoms with Crippen LogP contribution >= 0.6 is 0 Å². The lowest BCUT2D eigenvalue weighted by Gasteiger charge is -2.26. The van der Waals surface area contributed by atoms with E-state index in [1.807, 2.05) is 19.1 Å². The molecule has 0 amide bonds. The number of rotatable bonds is 6. The number of hydrogen-bond donors (Lipinski definition) is 1. The zero-order valence-corrected chi connectivity index (χ0v) is 10.4. The second-order valence-electron chi connectivity index (χ2n) is 4.19. The van der Waals surface area contributed by atoms with Crippen LogP contribution in [0, 0.1) is 6.92 Å². The van der Waals surface area contributed by atoms with E-state index in [1.54, 1.807) is 19.1 Å². The lowest BCUT2D eigenvalue weighted by atomic mass is 10.0. The van der Waals surface area contributed by atoms with Crippen LogP contribution in [0.4, 0.5) is 0 Å². The van der Waals surface area contributed by atoms with Gasteiger partial charge in [-0.15, -0.1) is 0 Å². The molecule has 1 unspecified atom stereocenters. The third-order valence-corrected chi connectivity index (χ3v) is 2.60. The van der Waals surface area contributed by atoms with Crippen molar-refractivity contribution in [3.05, 3.63) is 29.8 Å². The summed E-state index contributed by atoms with van der Waals surface area (Å²) >= 11 is 0. The van der Waals surface area contributed by atoms with E-state index in [1.165, 1.54) is 7.11 Å². The Morgan fingerprint density at radius 3 is 2.41 bits per heavy atom. The molecule has 0 aliphatic rings. The first-order chi connectivity index (χ1) is 7.98. The summed E-state index contributed by atoms with van der Waals surface area (Å²) < 4.78 is 10.4. The second-order valence-corrected chi connectivity index (χ2v) is 4.19. The second kappa shape index (κ2) is 5.68.